The smallest absolute Gasteiger partial charge is 0.137 e. The van der Waals surface area contributed by atoms with Gasteiger partial charge in [-0.05, 0) is 37.8 Å². The minimum atomic E-state index is -0.408. The maximum Gasteiger partial charge on any atom is 0.137 e. The summed E-state index contributed by atoms with van der Waals surface area (Å²) < 4.78 is 19.1. The Morgan fingerprint density at radius 2 is 2.26 bits per heavy atom. The molecule has 2 rings (SSSR count). The molecule has 104 valence electrons. The SMILES string of the molecule is O=C(CCC1CCCCO1)Cc1c(F)cccc1Cl. The lowest BCUT2D eigenvalue weighted by molar-refractivity contribution is -0.119. The van der Waals surface area contributed by atoms with Gasteiger partial charge in [0.15, 0.2) is 0 Å². The van der Waals surface area contributed by atoms with Crippen molar-refractivity contribution in [2.75, 3.05) is 6.61 Å². The number of carbonyl (C=O) groups excluding carboxylic acids is 1. The standard InChI is InChI=1S/C15H18ClFO2/c16-14-5-3-6-15(17)13(14)10-11(18)7-8-12-4-1-2-9-19-12/h3,5-6,12H,1-2,4,7-10H2. The Balaban J connectivity index is 1.83. The summed E-state index contributed by atoms with van der Waals surface area (Å²) in [6, 6.07) is 4.48. The molecule has 19 heavy (non-hydrogen) atoms. The van der Waals surface area contributed by atoms with Crippen LogP contribution in [-0.4, -0.2) is 18.5 Å². The number of benzene rings is 1. The van der Waals surface area contributed by atoms with E-state index in [9.17, 15) is 9.18 Å². The Bertz CT molecular complexity index is 422. The molecule has 0 aromatic heterocycles. The molecule has 1 heterocycles. The molecule has 2 nitrogen and oxygen atoms in total. The maximum absolute atomic E-state index is 13.5. The molecule has 1 fully saturated rings. The second-order valence-electron chi connectivity index (χ2n) is 4.94. The van der Waals surface area contributed by atoms with E-state index >= 15 is 0 Å². The monoisotopic (exact) mass is 284 g/mol. The fourth-order valence-corrected chi connectivity index (χ4v) is 2.57. The van der Waals surface area contributed by atoms with Crippen LogP contribution in [0.1, 0.15) is 37.7 Å². The minimum Gasteiger partial charge on any atom is -0.378 e. The zero-order chi connectivity index (χ0) is 13.7. The molecule has 1 aliphatic heterocycles. The molecule has 0 aliphatic carbocycles. The largest absolute Gasteiger partial charge is 0.378 e. The third kappa shape index (κ3) is 4.29. The molecule has 1 atom stereocenters. The van der Waals surface area contributed by atoms with Crippen LogP contribution < -0.4 is 0 Å². The number of Topliss-reactive ketones (excluding diaryl/α,β-unsaturated/α-hetero) is 1. The normalized spacial score (nSPS) is 19.4. The van der Waals surface area contributed by atoms with Gasteiger partial charge in [-0.1, -0.05) is 17.7 Å². The second kappa shape index (κ2) is 7.01. The highest BCUT2D eigenvalue weighted by Gasteiger charge is 2.17. The summed E-state index contributed by atoms with van der Waals surface area (Å²) >= 11 is 5.91. The first-order valence-corrected chi connectivity index (χ1v) is 7.11. The molecule has 4 heteroatoms. The van der Waals surface area contributed by atoms with Crippen molar-refractivity contribution in [1.82, 2.24) is 0 Å². The van der Waals surface area contributed by atoms with E-state index in [0.717, 1.165) is 32.3 Å². The van der Waals surface area contributed by atoms with Crippen LogP contribution >= 0.6 is 11.6 Å². The van der Waals surface area contributed by atoms with Crippen molar-refractivity contribution in [3.05, 3.63) is 34.6 Å². The summed E-state index contributed by atoms with van der Waals surface area (Å²) in [5, 5.41) is 0.322. The van der Waals surface area contributed by atoms with E-state index in [-0.39, 0.29) is 18.3 Å². The predicted octanol–water partition coefficient (Wildman–Crippen LogP) is 3.94. The fourth-order valence-electron chi connectivity index (χ4n) is 2.34. The number of hydrogen-bond donors (Lipinski definition) is 0. The Hall–Kier alpha value is -0.930. The van der Waals surface area contributed by atoms with Crippen molar-refractivity contribution in [3.63, 3.8) is 0 Å². The van der Waals surface area contributed by atoms with Crippen LogP contribution in [0.2, 0.25) is 5.02 Å². The molecule has 0 N–H and O–H groups in total. The number of rotatable bonds is 5. The molecule has 1 aliphatic rings. The van der Waals surface area contributed by atoms with E-state index in [1.807, 2.05) is 0 Å². The molecule has 1 saturated heterocycles. The van der Waals surface area contributed by atoms with Crippen molar-refractivity contribution in [3.8, 4) is 0 Å². The molecule has 0 bridgehead atoms. The molecule has 1 aromatic carbocycles. The van der Waals surface area contributed by atoms with Crippen LogP contribution in [0.25, 0.3) is 0 Å². The van der Waals surface area contributed by atoms with Gasteiger partial charge in [-0.15, -0.1) is 0 Å². The highest BCUT2D eigenvalue weighted by molar-refractivity contribution is 6.31. The van der Waals surface area contributed by atoms with Gasteiger partial charge in [0.1, 0.15) is 11.6 Å². The molecule has 1 unspecified atom stereocenters. The van der Waals surface area contributed by atoms with Crippen molar-refractivity contribution in [2.45, 2.75) is 44.6 Å². The zero-order valence-electron chi connectivity index (χ0n) is 10.8. The number of ketones is 1. The van der Waals surface area contributed by atoms with Gasteiger partial charge in [-0.25, -0.2) is 4.39 Å². The van der Waals surface area contributed by atoms with Gasteiger partial charge < -0.3 is 4.74 Å². The van der Waals surface area contributed by atoms with E-state index in [1.54, 1.807) is 12.1 Å². The summed E-state index contributed by atoms with van der Waals surface area (Å²) in [5.41, 5.74) is 0.304. The van der Waals surface area contributed by atoms with Crippen molar-refractivity contribution in [1.29, 1.82) is 0 Å². The van der Waals surface area contributed by atoms with E-state index in [1.165, 1.54) is 6.07 Å². The first kappa shape index (κ1) is 14.5. The van der Waals surface area contributed by atoms with Gasteiger partial charge in [-0.2, -0.15) is 0 Å². The predicted molar refractivity (Wildman–Crippen MR) is 72.9 cm³/mol. The van der Waals surface area contributed by atoms with Crippen LogP contribution in [0.15, 0.2) is 18.2 Å². The number of hydrogen-bond acceptors (Lipinski definition) is 2. The summed E-state index contributed by atoms with van der Waals surface area (Å²) in [7, 11) is 0. The average molecular weight is 285 g/mol. The number of carbonyl (C=O) groups is 1. The van der Waals surface area contributed by atoms with Crippen molar-refractivity contribution >= 4 is 17.4 Å². The van der Waals surface area contributed by atoms with E-state index in [4.69, 9.17) is 16.3 Å². The average Bonchev–Trinajstić information content (AvgIpc) is 2.42. The molecular formula is C15H18ClFO2. The van der Waals surface area contributed by atoms with Crippen LogP contribution in [-0.2, 0) is 16.0 Å². The number of ether oxygens (including phenoxy) is 1. The van der Waals surface area contributed by atoms with Crippen LogP contribution in [0.4, 0.5) is 4.39 Å². The quantitative estimate of drug-likeness (QED) is 0.819. The first-order valence-electron chi connectivity index (χ1n) is 6.73. The lowest BCUT2D eigenvalue weighted by Crippen LogP contribution is -2.20. The highest BCUT2D eigenvalue weighted by atomic mass is 35.5. The zero-order valence-corrected chi connectivity index (χ0v) is 11.6. The van der Waals surface area contributed by atoms with E-state index in [0.29, 0.717) is 17.0 Å². The van der Waals surface area contributed by atoms with Gasteiger partial charge in [0.2, 0.25) is 0 Å². The molecule has 0 spiro atoms. The van der Waals surface area contributed by atoms with Crippen molar-refractivity contribution < 1.29 is 13.9 Å². The lowest BCUT2D eigenvalue weighted by Gasteiger charge is -2.22. The number of halogens is 2. The fraction of sp³-hybridized carbons (Fsp3) is 0.533. The maximum atomic E-state index is 13.5. The van der Waals surface area contributed by atoms with Crippen LogP contribution in [0.3, 0.4) is 0 Å². The van der Waals surface area contributed by atoms with Gasteiger partial charge in [0.25, 0.3) is 0 Å². The molecule has 0 radical (unpaired) electrons. The molecule has 0 saturated carbocycles. The third-order valence-corrected chi connectivity index (χ3v) is 3.81. The summed E-state index contributed by atoms with van der Waals surface area (Å²) in [4.78, 5) is 11.9. The van der Waals surface area contributed by atoms with Gasteiger partial charge in [0.05, 0.1) is 6.10 Å². The lowest BCUT2D eigenvalue weighted by atomic mass is 10.00. The second-order valence-corrected chi connectivity index (χ2v) is 5.35. The Morgan fingerprint density at radius 3 is 2.95 bits per heavy atom. The van der Waals surface area contributed by atoms with Crippen LogP contribution in [0, 0.1) is 5.82 Å². The van der Waals surface area contributed by atoms with Gasteiger partial charge >= 0.3 is 0 Å². The van der Waals surface area contributed by atoms with E-state index in [2.05, 4.69) is 0 Å². The van der Waals surface area contributed by atoms with Crippen LogP contribution in [0.5, 0.6) is 0 Å². The van der Waals surface area contributed by atoms with Crippen molar-refractivity contribution in [2.24, 2.45) is 0 Å². The summed E-state index contributed by atoms with van der Waals surface area (Å²) in [5.74, 6) is -0.393. The van der Waals surface area contributed by atoms with Gasteiger partial charge in [-0.3, -0.25) is 4.79 Å². The summed E-state index contributed by atoms with van der Waals surface area (Å²) in [6.45, 7) is 0.790. The molecule has 0 amide bonds. The Kier molecular flexibility index (Phi) is 5.34. The van der Waals surface area contributed by atoms with Gasteiger partial charge in [0, 0.05) is 30.0 Å². The summed E-state index contributed by atoms with van der Waals surface area (Å²) in [6.07, 6.45) is 4.70. The topological polar surface area (TPSA) is 26.3 Å². The minimum absolute atomic E-state index is 0.0150. The highest BCUT2D eigenvalue weighted by Crippen LogP contribution is 2.21. The molecular weight excluding hydrogens is 267 g/mol. The third-order valence-electron chi connectivity index (χ3n) is 3.45. The Labute approximate surface area is 117 Å². The first-order chi connectivity index (χ1) is 9.16. The Morgan fingerprint density at radius 1 is 1.42 bits per heavy atom. The molecule has 1 aromatic rings. The van der Waals surface area contributed by atoms with E-state index < -0.39 is 5.82 Å².